The number of benzene rings is 1. The van der Waals surface area contributed by atoms with Crippen LogP contribution in [-0.4, -0.2) is 19.7 Å². The number of hydrogen-bond donors (Lipinski definition) is 1. The fourth-order valence-corrected chi connectivity index (χ4v) is 2.19. The van der Waals surface area contributed by atoms with Crippen LogP contribution < -0.4 is 5.32 Å². The van der Waals surface area contributed by atoms with E-state index in [0.717, 1.165) is 11.0 Å². The van der Waals surface area contributed by atoms with Crippen molar-refractivity contribution in [2.45, 2.75) is 13.0 Å². The highest BCUT2D eigenvalue weighted by molar-refractivity contribution is 5.86. The van der Waals surface area contributed by atoms with Crippen LogP contribution in [0.2, 0.25) is 0 Å². The molecule has 1 atom stereocenters. The first-order valence-corrected chi connectivity index (χ1v) is 6.30. The number of nitrogens with one attached hydrogen (secondary N) is 1. The van der Waals surface area contributed by atoms with E-state index in [-0.39, 0.29) is 11.9 Å². The number of rotatable bonds is 3. The Labute approximate surface area is 115 Å². The van der Waals surface area contributed by atoms with Crippen LogP contribution in [0.15, 0.2) is 36.8 Å². The number of aryl methyl sites for hydroxylation is 1. The molecule has 6 heteroatoms. The quantitative estimate of drug-likeness (QED) is 0.795. The molecule has 102 valence electrons. The molecule has 1 aromatic carbocycles. The summed E-state index contributed by atoms with van der Waals surface area (Å²) in [4.78, 5) is 8.39. The van der Waals surface area contributed by atoms with Crippen molar-refractivity contribution >= 4 is 16.9 Å². The molecule has 0 fully saturated rings. The first-order chi connectivity index (χ1) is 9.66. The van der Waals surface area contributed by atoms with Crippen LogP contribution in [-0.2, 0) is 7.05 Å². The molecule has 1 N–H and O–H groups in total. The van der Waals surface area contributed by atoms with Gasteiger partial charge in [-0.1, -0.05) is 18.2 Å². The molecule has 0 spiro atoms. The normalized spacial score (nSPS) is 12.6. The smallest absolute Gasteiger partial charge is 0.163 e. The van der Waals surface area contributed by atoms with Crippen LogP contribution in [0.4, 0.5) is 10.2 Å². The monoisotopic (exact) mass is 271 g/mol. The van der Waals surface area contributed by atoms with Crippen LogP contribution in [0.3, 0.4) is 0 Å². The maximum atomic E-state index is 13.8. The van der Waals surface area contributed by atoms with Crippen molar-refractivity contribution < 1.29 is 4.39 Å². The molecule has 0 radical (unpaired) electrons. The molecule has 20 heavy (non-hydrogen) atoms. The molecular formula is C14H14FN5. The predicted octanol–water partition coefficient (Wildman–Crippen LogP) is 2.68. The van der Waals surface area contributed by atoms with Crippen molar-refractivity contribution in [1.82, 2.24) is 19.7 Å². The minimum absolute atomic E-state index is 0.200. The van der Waals surface area contributed by atoms with Crippen molar-refractivity contribution in [3.8, 4) is 0 Å². The lowest BCUT2D eigenvalue weighted by Gasteiger charge is -2.15. The zero-order valence-electron chi connectivity index (χ0n) is 11.2. The summed E-state index contributed by atoms with van der Waals surface area (Å²) < 4.78 is 15.4. The number of aromatic nitrogens is 4. The minimum atomic E-state index is -0.232. The number of anilines is 1. The Morgan fingerprint density at radius 3 is 2.85 bits per heavy atom. The van der Waals surface area contributed by atoms with Gasteiger partial charge >= 0.3 is 0 Å². The SMILES string of the molecule is CC(Nc1ncnc2c1cnn2C)c1ccccc1F. The van der Waals surface area contributed by atoms with E-state index in [2.05, 4.69) is 20.4 Å². The standard InChI is InChI=1S/C14H14FN5/c1-9(10-5-3-4-6-12(10)15)19-13-11-7-18-20(2)14(11)17-8-16-13/h3-9H,1-2H3,(H,16,17,19). The average Bonchev–Trinajstić information content (AvgIpc) is 2.82. The lowest BCUT2D eigenvalue weighted by molar-refractivity contribution is 0.600. The molecule has 0 saturated carbocycles. The molecule has 3 aromatic rings. The Kier molecular flexibility index (Phi) is 3.06. The molecule has 0 aliphatic carbocycles. The molecular weight excluding hydrogens is 257 g/mol. The van der Waals surface area contributed by atoms with Gasteiger partial charge in [0.05, 0.1) is 17.6 Å². The van der Waals surface area contributed by atoms with Crippen molar-refractivity contribution in [3.05, 3.63) is 48.2 Å². The Morgan fingerprint density at radius 1 is 1.25 bits per heavy atom. The predicted molar refractivity (Wildman–Crippen MR) is 74.7 cm³/mol. The van der Waals surface area contributed by atoms with Crippen molar-refractivity contribution in [2.75, 3.05) is 5.32 Å². The van der Waals surface area contributed by atoms with Crippen molar-refractivity contribution in [2.24, 2.45) is 7.05 Å². The van der Waals surface area contributed by atoms with E-state index >= 15 is 0 Å². The Hall–Kier alpha value is -2.50. The van der Waals surface area contributed by atoms with Gasteiger partial charge < -0.3 is 5.32 Å². The van der Waals surface area contributed by atoms with Gasteiger partial charge in [0.25, 0.3) is 0 Å². The zero-order chi connectivity index (χ0) is 14.1. The van der Waals surface area contributed by atoms with Gasteiger partial charge in [0.1, 0.15) is 18.0 Å². The van der Waals surface area contributed by atoms with Crippen LogP contribution in [0, 0.1) is 5.82 Å². The van der Waals surface area contributed by atoms with Gasteiger partial charge in [-0.05, 0) is 13.0 Å². The molecule has 5 nitrogen and oxygen atoms in total. The van der Waals surface area contributed by atoms with Gasteiger partial charge in [0, 0.05) is 12.6 Å². The average molecular weight is 271 g/mol. The summed E-state index contributed by atoms with van der Waals surface area (Å²) in [5.74, 6) is 0.419. The molecule has 0 aliphatic heterocycles. The highest BCUT2D eigenvalue weighted by atomic mass is 19.1. The molecule has 0 amide bonds. The summed E-state index contributed by atoms with van der Waals surface area (Å²) in [7, 11) is 1.82. The third-order valence-corrected chi connectivity index (χ3v) is 3.25. The summed E-state index contributed by atoms with van der Waals surface area (Å²) in [5.41, 5.74) is 1.34. The maximum Gasteiger partial charge on any atom is 0.163 e. The third-order valence-electron chi connectivity index (χ3n) is 3.25. The molecule has 0 saturated heterocycles. The second-order valence-electron chi connectivity index (χ2n) is 4.62. The molecule has 0 aliphatic rings. The van der Waals surface area contributed by atoms with E-state index < -0.39 is 0 Å². The lowest BCUT2D eigenvalue weighted by atomic mass is 10.1. The van der Waals surface area contributed by atoms with E-state index in [4.69, 9.17) is 0 Å². The van der Waals surface area contributed by atoms with Gasteiger partial charge in [-0.3, -0.25) is 4.68 Å². The second kappa shape index (κ2) is 4.88. The number of nitrogens with zero attached hydrogens (tertiary/aromatic N) is 4. The Bertz CT molecular complexity index is 752. The van der Waals surface area contributed by atoms with Crippen LogP contribution in [0.25, 0.3) is 11.0 Å². The minimum Gasteiger partial charge on any atom is -0.363 e. The first kappa shape index (κ1) is 12.5. The van der Waals surface area contributed by atoms with Gasteiger partial charge in [-0.2, -0.15) is 5.10 Å². The van der Waals surface area contributed by atoms with E-state index in [1.807, 2.05) is 20.0 Å². The molecule has 1 unspecified atom stereocenters. The molecule has 0 bridgehead atoms. The summed E-state index contributed by atoms with van der Waals surface area (Å²) in [6.45, 7) is 1.89. The van der Waals surface area contributed by atoms with Crippen LogP contribution in [0.5, 0.6) is 0 Å². The third kappa shape index (κ3) is 2.09. The number of halogens is 1. The van der Waals surface area contributed by atoms with Crippen molar-refractivity contribution in [1.29, 1.82) is 0 Å². The van der Waals surface area contributed by atoms with Gasteiger partial charge in [0.2, 0.25) is 0 Å². The van der Waals surface area contributed by atoms with E-state index in [0.29, 0.717) is 11.4 Å². The second-order valence-corrected chi connectivity index (χ2v) is 4.62. The number of fused-ring (bicyclic) bond motifs is 1. The summed E-state index contributed by atoms with van der Waals surface area (Å²) >= 11 is 0. The first-order valence-electron chi connectivity index (χ1n) is 6.30. The lowest BCUT2D eigenvalue weighted by Crippen LogP contribution is -2.10. The largest absolute Gasteiger partial charge is 0.363 e. The molecule has 3 rings (SSSR count). The summed E-state index contributed by atoms with van der Waals surface area (Å²) in [5, 5.41) is 8.18. The van der Waals surface area contributed by atoms with Gasteiger partial charge in [-0.15, -0.1) is 0 Å². The fraction of sp³-hybridized carbons (Fsp3) is 0.214. The van der Waals surface area contributed by atoms with Gasteiger partial charge in [-0.25, -0.2) is 14.4 Å². The maximum absolute atomic E-state index is 13.8. The van der Waals surface area contributed by atoms with E-state index in [1.165, 1.54) is 12.4 Å². The van der Waals surface area contributed by atoms with Crippen LogP contribution in [0.1, 0.15) is 18.5 Å². The fourth-order valence-electron chi connectivity index (χ4n) is 2.19. The topological polar surface area (TPSA) is 55.6 Å². The number of hydrogen-bond acceptors (Lipinski definition) is 4. The molecule has 2 heterocycles. The van der Waals surface area contributed by atoms with E-state index in [1.54, 1.807) is 23.0 Å². The van der Waals surface area contributed by atoms with Gasteiger partial charge in [0.15, 0.2) is 5.65 Å². The zero-order valence-corrected chi connectivity index (χ0v) is 11.2. The van der Waals surface area contributed by atoms with Crippen LogP contribution >= 0.6 is 0 Å². The summed E-state index contributed by atoms with van der Waals surface area (Å²) in [6, 6.07) is 6.50. The summed E-state index contributed by atoms with van der Waals surface area (Å²) in [6.07, 6.45) is 3.17. The van der Waals surface area contributed by atoms with E-state index in [9.17, 15) is 4.39 Å². The van der Waals surface area contributed by atoms with Crippen molar-refractivity contribution in [3.63, 3.8) is 0 Å². The Morgan fingerprint density at radius 2 is 2.05 bits per heavy atom. The highest BCUT2D eigenvalue weighted by Crippen LogP contribution is 2.24. The Balaban J connectivity index is 1.95. The highest BCUT2D eigenvalue weighted by Gasteiger charge is 2.13. The molecule has 2 aromatic heterocycles.